The molecule has 4 aliphatic rings. The highest BCUT2D eigenvalue weighted by atomic mass is 35.5. The summed E-state index contributed by atoms with van der Waals surface area (Å²) >= 11 is 6.48. The van der Waals surface area contributed by atoms with Crippen LogP contribution in [0.2, 0.25) is 5.02 Å². The van der Waals surface area contributed by atoms with E-state index in [4.69, 9.17) is 16.1 Å². The molecule has 1 unspecified atom stereocenters. The van der Waals surface area contributed by atoms with Crippen molar-refractivity contribution < 1.29 is 29.4 Å². The van der Waals surface area contributed by atoms with Crippen LogP contribution >= 0.6 is 11.6 Å². The zero-order valence-corrected chi connectivity index (χ0v) is 30.5. The van der Waals surface area contributed by atoms with Gasteiger partial charge in [-0.25, -0.2) is 4.39 Å². The summed E-state index contributed by atoms with van der Waals surface area (Å²) in [6.45, 7) is 6.36. The van der Waals surface area contributed by atoms with Crippen molar-refractivity contribution in [1.29, 1.82) is 5.26 Å². The number of nitrogens with one attached hydrogen (secondary N) is 2. The number of aromatic nitrogens is 2. The third kappa shape index (κ3) is 5.96. The number of nitrogens with zero attached hydrogens (tertiary/aromatic N) is 4. The van der Waals surface area contributed by atoms with Gasteiger partial charge in [0.2, 0.25) is 5.88 Å². The highest BCUT2D eigenvalue weighted by Gasteiger charge is 2.42. The minimum absolute atomic E-state index is 0.104. The van der Waals surface area contributed by atoms with Crippen molar-refractivity contribution in [2.24, 2.45) is 11.8 Å². The van der Waals surface area contributed by atoms with Crippen molar-refractivity contribution in [1.82, 2.24) is 15.2 Å². The fraction of sp³-hybridized carbons (Fsp3) is 0.400. The van der Waals surface area contributed by atoms with Gasteiger partial charge in [0.1, 0.15) is 30.1 Å². The highest BCUT2D eigenvalue weighted by Crippen LogP contribution is 2.55. The van der Waals surface area contributed by atoms with Crippen molar-refractivity contribution in [3.8, 4) is 23.1 Å². The van der Waals surface area contributed by atoms with Crippen LogP contribution in [0.4, 0.5) is 21.6 Å². The Hall–Kier alpha value is -4.80. The van der Waals surface area contributed by atoms with E-state index in [0.29, 0.717) is 52.1 Å². The maximum absolute atomic E-state index is 15.9. The molecule has 6 N–H and O–H groups in total. The van der Waals surface area contributed by atoms with E-state index < -0.39 is 24.2 Å². The van der Waals surface area contributed by atoms with Crippen LogP contribution in [0.15, 0.2) is 47.0 Å². The molecule has 0 amide bonds. The lowest BCUT2D eigenvalue weighted by atomic mass is 9.75. The SMILES string of the molecule is Cc1ccc(-c2c(C)noc2C)cc1C(Nc1ccc(C#N)c(Cl)c1)C1CCC(CN2c3c(F)cc4c2n(O)c(O)c4c3[C@H]2CC[C@@H](O)N[C@@H]2O)CC1. The molecule has 1 saturated carbocycles. The van der Waals surface area contributed by atoms with Gasteiger partial charge in [-0.3, -0.25) is 5.32 Å². The van der Waals surface area contributed by atoms with Crippen molar-refractivity contribution >= 4 is 39.6 Å². The fourth-order valence-corrected chi connectivity index (χ4v) is 9.31. The summed E-state index contributed by atoms with van der Waals surface area (Å²) in [6.07, 6.45) is 2.04. The third-order valence-corrected chi connectivity index (χ3v) is 12.0. The van der Waals surface area contributed by atoms with Crippen molar-refractivity contribution in [2.75, 3.05) is 16.8 Å². The summed E-state index contributed by atoms with van der Waals surface area (Å²) in [5.74, 6) is -0.0486. The van der Waals surface area contributed by atoms with E-state index in [2.05, 4.69) is 47.0 Å². The second-order valence-corrected chi connectivity index (χ2v) is 15.3. The van der Waals surface area contributed by atoms with Gasteiger partial charge in [-0.05, 0) is 124 Å². The van der Waals surface area contributed by atoms with Gasteiger partial charge in [-0.2, -0.15) is 5.26 Å². The lowest BCUT2D eigenvalue weighted by Crippen LogP contribution is -2.47. The van der Waals surface area contributed by atoms with E-state index in [1.807, 2.05) is 19.9 Å². The van der Waals surface area contributed by atoms with Gasteiger partial charge in [0, 0.05) is 29.1 Å². The molecule has 1 aliphatic carbocycles. The Kier molecular flexibility index (Phi) is 9.02. The number of aromatic hydroxyl groups is 1. The molecule has 0 spiro atoms. The summed E-state index contributed by atoms with van der Waals surface area (Å²) < 4.78 is 22.1. The predicted octanol–water partition coefficient (Wildman–Crippen LogP) is 8.04. The molecular weight excluding hydrogens is 699 g/mol. The van der Waals surface area contributed by atoms with E-state index in [1.165, 1.54) is 6.07 Å². The lowest BCUT2D eigenvalue weighted by Gasteiger charge is -2.40. The van der Waals surface area contributed by atoms with E-state index in [-0.39, 0.29) is 29.4 Å². The number of aliphatic hydroxyl groups is 2. The smallest absolute Gasteiger partial charge is 0.235 e. The van der Waals surface area contributed by atoms with E-state index in [0.717, 1.165) is 69.8 Å². The Morgan fingerprint density at radius 2 is 1.85 bits per heavy atom. The molecule has 53 heavy (non-hydrogen) atoms. The Morgan fingerprint density at radius 3 is 2.53 bits per heavy atom. The molecule has 13 heteroatoms. The molecule has 2 aromatic heterocycles. The fourth-order valence-electron chi connectivity index (χ4n) is 9.08. The van der Waals surface area contributed by atoms with Gasteiger partial charge >= 0.3 is 0 Å². The first-order valence-corrected chi connectivity index (χ1v) is 18.5. The summed E-state index contributed by atoms with van der Waals surface area (Å²) in [4.78, 5) is 1.77. The highest BCUT2D eigenvalue weighted by molar-refractivity contribution is 6.32. The zero-order valence-electron chi connectivity index (χ0n) is 29.7. The van der Waals surface area contributed by atoms with Crippen molar-refractivity contribution in [2.45, 2.75) is 83.7 Å². The molecule has 11 nitrogen and oxygen atoms in total. The van der Waals surface area contributed by atoms with Crippen molar-refractivity contribution in [3.05, 3.63) is 87.0 Å². The first-order chi connectivity index (χ1) is 25.4. The number of aliphatic hydroxyl groups excluding tert-OH is 2. The van der Waals surface area contributed by atoms with Crippen LogP contribution in [-0.2, 0) is 0 Å². The Morgan fingerprint density at radius 1 is 1.08 bits per heavy atom. The zero-order chi connectivity index (χ0) is 37.3. The van der Waals surface area contributed by atoms with Gasteiger partial charge in [0.15, 0.2) is 5.82 Å². The van der Waals surface area contributed by atoms with E-state index >= 15 is 4.39 Å². The Balaban J connectivity index is 1.09. The minimum Gasteiger partial charge on any atom is -0.492 e. The maximum atomic E-state index is 15.9. The molecule has 4 atom stereocenters. The molecular formula is C40H42ClFN6O5. The van der Waals surface area contributed by atoms with Crippen LogP contribution in [0.5, 0.6) is 5.88 Å². The number of fused-ring (bicyclic) bond motifs is 1. The van der Waals surface area contributed by atoms with E-state index in [1.54, 1.807) is 17.0 Å². The van der Waals surface area contributed by atoms with Crippen LogP contribution in [0.25, 0.3) is 21.9 Å². The van der Waals surface area contributed by atoms with Gasteiger partial charge in [-0.1, -0.05) is 28.9 Å². The Labute approximate surface area is 311 Å². The summed E-state index contributed by atoms with van der Waals surface area (Å²) in [6, 6.07) is 15.2. The topological polar surface area (TPSA) is 163 Å². The second kappa shape index (κ2) is 13.6. The lowest BCUT2D eigenvalue weighted by molar-refractivity contribution is -0.00969. The predicted molar refractivity (Wildman–Crippen MR) is 199 cm³/mol. The van der Waals surface area contributed by atoms with E-state index in [9.17, 15) is 25.8 Å². The quantitative estimate of drug-likeness (QED) is 0.0859. The molecule has 5 heterocycles. The number of anilines is 3. The number of hydrogen-bond acceptors (Lipinski definition) is 10. The number of hydrogen-bond donors (Lipinski definition) is 6. The van der Waals surface area contributed by atoms with Crippen LogP contribution in [0.3, 0.4) is 0 Å². The van der Waals surface area contributed by atoms with Gasteiger partial charge in [-0.15, -0.1) is 4.73 Å². The largest absolute Gasteiger partial charge is 0.492 e. The number of rotatable bonds is 8. The van der Waals surface area contributed by atoms with Crippen LogP contribution in [0.1, 0.15) is 84.2 Å². The standard InChI is InChI=1S/C40H42ClFN6O5/c1-19-4-7-24(33-20(2)46-53-21(33)3)14-28(19)36(44-26-11-10-25(17-43)30(41)15-26)23-8-5-22(6-9-23)18-47-37-31(42)16-29-35(40(51)48(52)39(29)47)34(37)27-12-13-32(49)45-38(27)50/h4,7,10-11,14-16,22-23,27,32,36,38,44-45,49-52H,5-6,8-9,12-13,18H2,1-3H3/t22?,23?,27-,32-,36?,38-/m1/s1. The average molecular weight is 741 g/mol. The van der Waals surface area contributed by atoms with Gasteiger partial charge in [0.25, 0.3) is 0 Å². The molecule has 276 valence electrons. The average Bonchev–Trinajstić information content (AvgIpc) is 3.57. The summed E-state index contributed by atoms with van der Waals surface area (Å²) in [5.41, 5.74) is 6.97. The number of halogens is 2. The molecule has 3 aromatic carbocycles. The first-order valence-electron chi connectivity index (χ1n) is 18.1. The molecule has 2 fully saturated rings. The van der Waals surface area contributed by atoms with Gasteiger partial charge < -0.3 is 35.3 Å². The number of piperidine rings is 1. The monoisotopic (exact) mass is 740 g/mol. The molecule has 5 aromatic rings. The molecule has 0 radical (unpaired) electrons. The summed E-state index contributed by atoms with van der Waals surface area (Å²) in [7, 11) is 0. The number of aryl methyl sites for hydroxylation is 3. The third-order valence-electron chi connectivity index (χ3n) is 11.7. The Bertz CT molecular complexity index is 2250. The van der Waals surface area contributed by atoms with Crippen molar-refractivity contribution in [3.63, 3.8) is 0 Å². The second-order valence-electron chi connectivity index (χ2n) is 14.9. The molecule has 1 saturated heterocycles. The molecule has 3 aliphatic heterocycles. The normalized spacial score (nSPS) is 23.1. The summed E-state index contributed by atoms with van der Waals surface area (Å²) in [5, 5.41) is 64.4. The number of benzene rings is 3. The number of nitriles is 1. The minimum atomic E-state index is -1.15. The van der Waals surface area contributed by atoms with Crippen LogP contribution < -0.4 is 15.5 Å². The maximum Gasteiger partial charge on any atom is 0.235 e. The molecule has 4 bridgehead atoms. The van der Waals surface area contributed by atoms with Crippen LogP contribution in [-0.4, -0.2) is 49.4 Å². The van der Waals surface area contributed by atoms with Gasteiger partial charge in [0.05, 0.1) is 33.4 Å². The molecule has 9 rings (SSSR count). The first kappa shape index (κ1) is 35.2. The van der Waals surface area contributed by atoms with Crippen LogP contribution in [0, 0.1) is 49.8 Å².